The Morgan fingerprint density at radius 2 is 1.62 bits per heavy atom. The molecule has 2 aliphatic rings. The van der Waals surface area contributed by atoms with Crippen molar-refractivity contribution in [1.82, 2.24) is 0 Å². The number of nitrogens with zero attached hydrogens (tertiary/aromatic N) is 1. The van der Waals surface area contributed by atoms with Gasteiger partial charge in [0, 0.05) is 12.2 Å². The quantitative estimate of drug-likeness (QED) is 0.577. The highest BCUT2D eigenvalue weighted by molar-refractivity contribution is 7.54. The van der Waals surface area contributed by atoms with E-state index < -0.39 is 13.4 Å². The lowest BCUT2D eigenvalue weighted by molar-refractivity contribution is 0.135. The lowest BCUT2D eigenvalue weighted by atomic mass is 9.98. The highest BCUT2D eigenvalue weighted by Crippen LogP contribution is 2.66. The van der Waals surface area contributed by atoms with Crippen molar-refractivity contribution in [2.45, 2.75) is 52.1 Å². The lowest BCUT2D eigenvalue weighted by Gasteiger charge is -2.42. The highest BCUT2D eigenvalue weighted by Gasteiger charge is 2.46. The average molecular weight is 417 g/mol. The van der Waals surface area contributed by atoms with Gasteiger partial charge in [0.2, 0.25) is 6.79 Å². The summed E-state index contributed by atoms with van der Waals surface area (Å²) in [6.07, 6.45) is 0.328. The summed E-state index contributed by atoms with van der Waals surface area (Å²) < 4.78 is 37.5. The molecule has 6 nitrogen and oxygen atoms in total. The summed E-state index contributed by atoms with van der Waals surface area (Å²) in [6, 6.07) is 13.9. The summed E-state index contributed by atoms with van der Waals surface area (Å²) in [6.45, 7) is 8.43. The fraction of sp³-hybridized carbons (Fsp3) is 0.455. The molecule has 0 bridgehead atoms. The number of para-hydroxylation sites is 1. The van der Waals surface area contributed by atoms with Crippen LogP contribution in [0, 0.1) is 0 Å². The molecule has 29 heavy (non-hydrogen) atoms. The first-order valence-corrected chi connectivity index (χ1v) is 11.7. The second kappa shape index (κ2) is 8.02. The molecule has 1 atom stereocenters. The number of fused-ring (bicyclic) bond motifs is 2. The third-order valence-electron chi connectivity index (χ3n) is 4.93. The minimum atomic E-state index is -3.56. The first kappa shape index (κ1) is 20.3. The molecule has 2 heterocycles. The Hall–Kier alpha value is -2.01. The Bertz CT molecular complexity index is 901. The second-order valence-corrected chi connectivity index (χ2v) is 9.90. The molecule has 156 valence electrons. The monoisotopic (exact) mass is 417 g/mol. The molecule has 1 unspecified atom stereocenters. The second-order valence-electron chi connectivity index (χ2n) is 7.91. The fourth-order valence-electron chi connectivity index (χ4n) is 3.95. The van der Waals surface area contributed by atoms with Gasteiger partial charge in [0.05, 0.1) is 12.2 Å². The van der Waals surface area contributed by atoms with Crippen LogP contribution in [0.2, 0.25) is 0 Å². The van der Waals surface area contributed by atoms with Crippen LogP contribution in [0.1, 0.15) is 44.6 Å². The minimum Gasteiger partial charge on any atom is -0.454 e. The molecule has 2 aromatic rings. The van der Waals surface area contributed by atoms with E-state index in [-0.39, 0.29) is 19.0 Å². The third-order valence-corrected chi connectivity index (χ3v) is 7.52. The molecule has 0 aromatic heterocycles. The molecule has 0 amide bonds. The maximum atomic E-state index is 14.3. The molecule has 2 aliphatic heterocycles. The Morgan fingerprint density at radius 1 is 1.00 bits per heavy atom. The predicted molar refractivity (Wildman–Crippen MR) is 113 cm³/mol. The number of ether oxygens (including phenoxy) is 2. The zero-order chi connectivity index (χ0) is 20.6. The van der Waals surface area contributed by atoms with Gasteiger partial charge in [-0.1, -0.05) is 18.2 Å². The van der Waals surface area contributed by atoms with Crippen LogP contribution in [0.3, 0.4) is 0 Å². The molecule has 0 fully saturated rings. The summed E-state index contributed by atoms with van der Waals surface area (Å²) in [4.78, 5) is 2.13. The zero-order valence-electron chi connectivity index (χ0n) is 17.3. The number of hydrogen-bond donors (Lipinski definition) is 0. The van der Waals surface area contributed by atoms with Crippen molar-refractivity contribution in [2.75, 3.05) is 18.2 Å². The fourth-order valence-corrected chi connectivity index (χ4v) is 6.57. The van der Waals surface area contributed by atoms with Gasteiger partial charge in [0.1, 0.15) is 0 Å². The molecule has 0 saturated carbocycles. The van der Waals surface area contributed by atoms with Crippen LogP contribution < -0.4 is 14.4 Å². The van der Waals surface area contributed by atoms with Crippen LogP contribution in [0.4, 0.5) is 5.69 Å². The van der Waals surface area contributed by atoms with E-state index in [0.717, 1.165) is 29.0 Å². The van der Waals surface area contributed by atoms with Gasteiger partial charge in [-0.3, -0.25) is 4.57 Å². The maximum absolute atomic E-state index is 14.3. The van der Waals surface area contributed by atoms with Crippen molar-refractivity contribution in [3.8, 4) is 11.5 Å². The molecule has 0 aliphatic carbocycles. The largest absolute Gasteiger partial charge is 0.454 e. The molecule has 2 aromatic carbocycles. The molecule has 0 spiro atoms. The SMILES string of the molecule is CC(C)OP(=O)(OC(C)C)C1c2cc3c(cc2CCN1c1ccccc1)OCO3. The van der Waals surface area contributed by atoms with E-state index in [9.17, 15) is 4.57 Å². The van der Waals surface area contributed by atoms with Gasteiger partial charge in [0.25, 0.3) is 0 Å². The van der Waals surface area contributed by atoms with Crippen molar-refractivity contribution < 1.29 is 23.1 Å². The summed E-state index contributed by atoms with van der Waals surface area (Å²) in [5, 5.41) is 0. The van der Waals surface area contributed by atoms with Gasteiger partial charge in [-0.15, -0.1) is 0 Å². The third kappa shape index (κ3) is 4.02. The zero-order valence-corrected chi connectivity index (χ0v) is 18.2. The van der Waals surface area contributed by atoms with Crippen molar-refractivity contribution in [2.24, 2.45) is 0 Å². The normalized spacial score (nSPS) is 18.4. The van der Waals surface area contributed by atoms with Crippen molar-refractivity contribution in [3.63, 3.8) is 0 Å². The summed E-state index contributed by atoms with van der Waals surface area (Å²) in [7, 11) is -3.56. The minimum absolute atomic E-state index is 0.202. The molecule has 0 saturated heterocycles. The molecule has 0 radical (unpaired) electrons. The smallest absolute Gasteiger partial charge is 0.357 e. The Balaban J connectivity index is 1.87. The number of anilines is 1. The van der Waals surface area contributed by atoms with Gasteiger partial charge in [-0.25, -0.2) is 0 Å². The van der Waals surface area contributed by atoms with Crippen molar-refractivity contribution in [3.05, 3.63) is 53.6 Å². The van der Waals surface area contributed by atoms with Crippen molar-refractivity contribution in [1.29, 1.82) is 0 Å². The molecular weight excluding hydrogens is 389 g/mol. The molecule has 0 N–H and O–H groups in total. The van der Waals surface area contributed by atoms with E-state index in [4.69, 9.17) is 18.5 Å². The van der Waals surface area contributed by atoms with Gasteiger partial charge >= 0.3 is 7.60 Å². The van der Waals surface area contributed by atoms with E-state index >= 15 is 0 Å². The van der Waals surface area contributed by atoms with Gasteiger partial charge < -0.3 is 23.4 Å². The van der Waals surface area contributed by atoms with Crippen LogP contribution in [-0.4, -0.2) is 25.5 Å². The van der Waals surface area contributed by atoms with Crippen LogP contribution in [0.25, 0.3) is 0 Å². The summed E-state index contributed by atoms with van der Waals surface area (Å²) in [5.74, 6) is 0.845. The molecular formula is C22H28NO5P. The van der Waals surface area contributed by atoms with Gasteiger partial charge in [-0.05, 0) is 69.5 Å². The summed E-state index contributed by atoms with van der Waals surface area (Å²) in [5.41, 5.74) is 2.99. The lowest BCUT2D eigenvalue weighted by Crippen LogP contribution is -2.37. The molecule has 7 heteroatoms. The maximum Gasteiger partial charge on any atom is 0.357 e. The van der Waals surface area contributed by atoms with E-state index in [1.807, 2.05) is 70.2 Å². The first-order chi connectivity index (χ1) is 13.9. The van der Waals surface area contributed by atoms with Crippen LogP contribution >= 0.6 is 7.60 Å². The number of rotatable bonds is 6. The highest BCUT2D eigenvalue weighted by atomic mass is 31.2. The Kier molecular flexibility index (Phi) is 5.60. The standard InChI is InChI=1S/C22H28NO5P/c1-15(2)27-29(24,28-16(3)4)22-19-13-21-20(25-14-26-21)12-17(19)10-11-23(22)18-8-6-5-7-9-18/h5-9,12-13,15-16,22H,10-11,14H2,1-4H3. The summed E-state index contributed by atoms with van der Waals surface area (Å²) >= 11 is 0. The van der Waals surface area contributed by atoms with Gasteiger partial charge in [0.15, 0.2) is 17.3 Å². The van der Waals surface area contributed by atoms with Gasteiger partial charge in [-0.2, -0.15) is 0 Å². The van der Waals surface area contributed by atoms with E-state index in [1.165, 1.54) is 0 Å². The Morgan fingerprint density at radius 3 is 2.24 bits per heavy atom. The van der Waals surface area contributed by atoms with E-state index in [0.29, 0.717) is 12.3 Å². The average Bonchev–Trinajstić information content (AvgIpc) is 3.11. The van der Waals surface area contributed by atoms with Crippen LogP contribution in [-0.2, 0) is 20.0 Å². The van der Waals surface area contributed by atoms with E-state index in [1.54, 1.807) is 0 Å². The number of benzene rings is 2. The van der Waals surface area contributed by atoms with Crippen molar-refractivity contribution >= 4 is 13.3 Å². The molecule has 4 rings (SSSR count). The predicted octanol–water partition coefficient (Wildman–Crippen LogP) is 5.52. The van der Waals surface area contributed by atoms with E-state index in [2.05, 4.69) is 4.90 Å². The topological polar surface area (TPSA) is 57.2 Å². The van der Waals surface area contributed by atoms with Crippen LogP contribution in [0.15, 0.2) is 42.5 Å². The Labute approximate surface area is 172 Å². The number of hydrogen-bond acceptors (Lipinski definition) is 6. The first-order valence-electron chi connectivity index (χ1n) is 10.1. The van der Waals surface area contributed by atoms with Crippen LogP contribution in [0.5, 0.6) is 11.5 Å².